The Morgan fingerprint density at radius 2 is 1.81 bits per heavy atom. The number of hydrogen-bond donors (Lipinski definition) is 1. The predicted octanol–water partition coefficient (Wildman–Crippen LogP) is 4.24. The van der Waals surface area contributed by atoms with E-state index >= 15 is 0 Å². The van der Waals surface area contributed by atoms with E-state index in [0.29, 0.717) is 12.2 Å². The van der Waals surface area contributed by atoms with E-state index in [1.807, 2.05) is 63.2 Å². The van der Waals surface area contributed by atoms with Crippen LogP contribution >= 0.6 is 0 Å². The van der Waals surface area contributed by atoms with E-state index in [2.05, 4.69) is 17.0 Å². The van der Waals surface area contributed by atoms with Crippen LogP contribution in [0.3, 0.4) is 0 Å². The predicted molar refractivity (Wildman–Crippen MR) is 105 cm³/mol. The molecule has 0 aliphatic carbocycles. The third kappa shape index (κ3) is 3.61. The van der Waals surface area contributed by atoms with Crippen LogP contribution in [0.1, 0.15) is 29.3 Å². The molecule has 0 amide bonds. The smallest absolute Gasteiger partial charge is 0.280 e. The highest BCUT2D eigenvalue weighted by atomic mass is 16.5. The lowest BCUT2D eigenvalue weighted by Crippen LogP contribution is -2.17. The first-order valence-electron chi connectivity index (χ1n) is 8.65. The highest BCUT2D eigenvalue weighted by molar-refractivity contribution is 5.83. The van der Waals surface area contributed by atoms with Crippen LogP contribution < -0.4 is 10.3 Å². The Morgan fingerprint density at radius 1 is 1.08 bits per heavy atom. The number of rotatable bonds is 5. The summed E-state index contributed by atoms with van der Waals surface area (Å²) in [6.07, 6.45) is 1.61. The summed E-state index contributed by atoms with van der Waals surface area (Å²) in [6.45, 7) is 8.54. The van der Waals surface area contributed by atoms with Gasteiger partial charge in [0, 0.05) is 11.9 Å². The molecule has 0 atom stereocenters. The lowest BCUT2D eigenvalue weighted by atomic mass is 10.1. The fourth-order valence-corrected chi connectivity index (χ4v) is 2.69. The van der Waals surface area contributed by atoms with Gasteiger partial charge in [-0.2, -0.15) is 0 Å². The number of aromatic amines is 1. The molecule has 3 rings (SSSR count). The zero-order chi connectivity index (χ0) is 18.7. The second-order valence-corrected chi connectivity index (χ2v) is 6.24. The summed E-state index contributed by atoms with van der Waals surface area (Å²) in [5.41, 5.74) is 5.15. The molecule has 0 bridgehead atoms. The molecule has 0 spiro atoms. The highest BCUT2D eigenvalue weighted by Crippen LogP contribution is 2.18. The van der Waals surface area contributed by atoms with E-state index in [-0.39, 0.29) is 5.56 Å². The molecule has 0 aliphatic heterocycles. The molecule has 2 aromatic carbocycles. The molecular weight excluding hydrogens is 326 g/mol. The number of aryl methyl sites for hydroxylation is 3. The molecule has 134 valence electrons. The van der Waals surface area contributed by atoms with E-state index in [1.54, 1.807) is 10.9 Å². The normalized spacial score (nSPS) is 11.2. The van der Waals surface area contributed by atoms with E-state index in [9.17, 15) is 4.79 Å². The molecule has 1 heterocycles. The maximum absolute atomic E-state index is 12.8. The molecule has 1 aromatic heterocycles. The molecule has 0 fully saturated rings. The molecule has 0 saturated carbocycles. The van der Waals surface area contributed by atoms with Crippen molar-refractivity contribution in [2.24, 2.45) is 4.99 Å². The van der Waals surface area contributed by atoms with Crippen molar-refractivity contribution in [3.05, 3.63) is 75.2 Å². The van der Waals surface area contributed by atoms with Crippen LogP contribution in [0, 0.1) is 20.8 Å². The Balaban J connectivity index is 1.90. The average Bonchev–Trinajstić information content (AvgIpc) is 2.91. The average molecular weight is 349 g/mol. The minimum absolute atomic E-state index is 0.111. The number of nitrogens with one attached hydrogen (secondary N) is 1. The van der Waals surface area contributed by atoms with Crippen molar-refractivity contribution in [3.8, 4) is 11.4 Å². The number of ether oxygens (including phenoxy) is 1. The summed E-state index contributed by atoms with van der Waals surface area (Å²) in [6, 6.07) is 13.4. The molecule has 5 heteroatoms. The summed E-state index contributed by atoms with van der Waals surface area (Å²) >= 11 is 0. The third-order valence-corrected chi connectivity index (χ3v) is 4.36. The number of benzene rings is 2. The van der Waals surface area contributed by atoms with Gasteiger partial charge in [-0.15, -0.1) is 0 Å². The molecule has 0 radical (unpaired) electrons. The van der Waals surface area contributed by atoms with E-state index in [4.69, 9.17) is 4.74 Å². The Kier molecular flexibility index (Phi) is 5.07. The Morgan fingerprint density at radius 3 is 2.46 bits per heavy atom. The minimum Gasteiger partial charge on any atom is -0.494 e. The van der Waals surface area contributed by atoms with E-state index in [1.165, 1.54) is 5.56 Å². The molecule has 5 nitrogen and oxygen atoms in total. The van der Waals surface area contributed by atoms with Gasteiger partial charge < -0.3 is 4.74 Å². The van der Waals surface area contributed by atoms with Crippen molar-refractivity contribution in [1.82, 2.24) is 9.78 Å². The van der Waals surface area contributed by atoms with Gasteiger partial charge in [0.25, 0.3) is 5.56 Å². The summed E-state index contributed by atoms with van der Waals surface area (Å²) < 4.78 is 6.98. The first kappa shape index (κ1) is 17.7. The van der Waals surface area contributed by atoms with Crippen molar-refractivity contribution in [3.63, 3.8) is 0 Å². The van der Waals surface area contributed by atoms with Gasteiger partial charge in [0.15, 0.2) is 0 Å². The number of hydrogen-bond acceptors (Lipinski definition) is 3. The van der Waals surface area contributed by atoms with Crippen LogP contribution in [-0.4, -0.2) is 22.6 Å². The van der Waals surface area contributed by atoms with Crippen LogP contribution in [-0.2, 0) is 0 Å². The van der Waals surface area contributed by atoms with Gasteiger partial charge in [-0.25, -0.2) is 4.68 Å². The molecule has 1 N–H and O–H groups in total. The topological polar surface area (TPSA) is 59.4 Å². The first-order chi connectivity index (χ1) is 12.5. The summed E-state index contributed by atoms with van der Waals surface area (Å²) in [7, 11) is 0. The summed E-state index contributed by atoms with van der Waals surface area (Å²) in [5.74, 6) is 0.807. The lowest BCUT2D eigenvalue weighted by molar-refractivity contribution is 0.340. The fourth-order valence-electron chi connectivity index (χ4n) is 2.69. The van der Waals surface area contributed by atoms with Gasteiger partial charge in [-0.05, 0) is 75.2 Å². The molecule has 0 unspecified atom stereocenters. The Bertz CT molecular complexity index is 995. The van der Waals surface area contributed by atoms with Crippen LogP contribution in [0.15, 0.2) is 52.3 Å². The largest absolute Gasteiger partial charge is 0.494 e. The van der Waals surface area contributed by atoms with Gasteiger partial charge in [-0.1, -0.05) is 6.07 Å². The zero-order valence-electron chi connectivity index (χ0n) is 15.5. The lowest BCUT2D eigenvalue weighted by Gasteiger charge is -2.05. The maximum Gasteiger partial charge on any atom is 0.280 e. The van der Waals surface area contributed by atoms with Gasteiger partial charge in [0.1, 0.15) is 5.75 Å². The number of nitrogens with zero attached hydrogens (tertiary/aromatic N) is 2. The first-order valence-corrected chi connectivity index (χ1v) is 8.65. The SMILES string of the molecule is CCOc1ccc(N=Cc2c(C)[nH]n(-c3ccc(C)c(C)c3)c2=O)cc1. The minimum atomic E-state index is -0.111. The highest BCUT2D eigenvalue weighted by Gasteiger charge is 2.11. The van der Waals surface area contributed by atoms with Gasteiger partial charge >= 0.3 is 0 Å². The number of aliphatic imine (C=N–C) groups is 1. The third-order valence-electron chi connectivity index (χ3n) is 4.36. The second-order valence-electron chi connectivity index (χ2n) is 6.24. The van der Waals surface area contributed by atoms with Crippen molar-refractivity contribution in [2.75, 3.05) is 6.61 Å². The van der Waals surface area contributed by atoms with E-state index < -0.39 is 0 Å². The monoisotopic (exact) mass is 349 g/mol. The van der Waals surface area contributed by atoms with Crippen LogP contribution in [0.4, 0.5) is 5.69 Å². The fraction of sp³-hybridized carbons (Fsp3) is 0.238. The van der Waals surface area contributed by atoms with Crippen molar-refractivity contribution < 1.29 is 4.74 Å². The van der Waals surface area contributed by atoms with Crippen molar-refractivity contribution >= 4 is 11.9 Å². The quantitative estimate of drug-likeness (QED) is 0.700. The molecule has 26 heavy (non-hydrogen) atoms. The van der Waals surface area contributed by atoms with Gasteiger partial charge in [0.05, 0.1) is 23.5 Å². The van der Waals surface area contributed by atoms with Gasteiger partial charge in [-0.3, -0.25) is 14.9 Å². The number of aromatic nitrogens is 2. The van der Waals surface area contributed by atoms with Crippen molar-refractivity contribution in [2.45, 2.75) is 27.7 Å². The molecule has 0 aliphatic rings. The second kappa shape index (κ2) is 7.44. The van der Waals surface area contributed by atoms with E-state index in [0.717, 1.165) is 28.4 Å². The van der Waals surface area contributed by atoms with Crippen molar-refractivity contribution in [1.29, 1.82) is 0 Å². The Labute approximate surface area is 153 Å². The summed E-state index contributed by atoms with van der Waals surface area (Å²) in [5, 5.41) is 3.13. The number of H-pyrrole nitrogens is 1. The van der Waals surface area contributed by atoms with Gasteiger partial charge in [0.2, 0.25) is 0 Å². The molecule has 0 saturated heterocycles. The van der Waals surface area contributed by atoms with Crippen LogP contribution in [0.25, 0.3) is 5.69 Å². The molecule has 3 aromatic rings. The molecular formula is C21H23N3O2. The Hall–Kier alpha value is -3.08. The maximum atomic E-state index is 12.8. The summed E-state index contributed by atoms with van der Waals surface area (Å²) in [4.78, 5) is 17.2. The zero-order valence-corrected chi connectivity index (χ0v) is 15.5. The van der Waals surface area contributed by atoms with Crippen LogP contribution in [0.2, 0.25) is 0 Å². The standard InChI is InChI=1S/C21H23N3O2/c1-5-26-19-10-7-17(8-11-19)22-13-20-16(4)23-24(21(20)25)18-9-6-14(2)15(3)12-18/h6-13,23H,5H2,1-4H3. The van der Waals surface area contributed by atoms with Crippen LogP contribution in [0.5, 0.6) is 5.75 Å².